The number of benzene rings is 3. The van der Waals surface area contributed by atoms with Crippen molar-refractivity contribution in [3.05, 3.63) is 95.6 Å². The number of ether oxygens (including phenoxy) is 2. The van der Waals surface area contributed by atoms with E-state index in [1.54, 1.807) is 0 Å². The molecule has 9 nitrogen and oxygen atoms in total. The summed E-state index contributed by atoms with van der Waals surface area (Å²) in [5.41, 5.74) is 4.54. The van der Waals surface area contributed by atoms with E-state index in [1.807, 2.05) is 78.9 Å². The third-order valence-electron chi connectivity index (χ3n) is 8.14. The highest BCUT2D eigenvalue weighted by molar-refractivity contribution is 5.89. The summed E-state index contributed by atoms with van der Waals surface area (Å²) in [5.74, 6) is -2.36. The van der Waals surface area contributed by atoms with Crippen molar-refractivity contribution in [3.8, 4) is 11.1 Å². The molecule has 0 aromatic heterocycles. The Kier molecular flexibility index (Phi) is 8.85. The molecule has 0 heterocycles. The molecular weight excluding hydrogens is 536 g/mol. The highest BCUT2D eigenvalue weighted by Crippen LogP contribution is 2.45. The maximum absolute atomic E-state index is 13.2. The van der Waals surface area contributed by atoms with E-state index in [0.717, 1.165) is 34.2 Å². The van der Waals surface area contributed by atoms with Gasteiger partial charge in [0.25, 0.3) is 0 Å². The molecule has 1 fully saturated rings. The van der Waals surface area contributed by atoms with Crippen LogP contribution in [0.4, 0.5) is 4.79 Å². The lowest BCUT2D eigenvalue weighted by Gasteiger charge is -2.41. The highest BCUT2D eigenvalue weighted by atomic mass is 16.5. The standard InChI is InChI=1S/C33H34N2O7/c36-29(37)18-33(15-8-16-33)21-34-31(39)28(17-30(38)41-19-22-9-2-1-3-10-22)35-32(40)42-20-27-25-13-6-4-11-23(25)24-12-5-7-14-26(24)27/h1-7,9-14,27-28H,8,15-21H2,(H,34,39)(H,35,40)(H,36,37)/t28-/m0/s1. The van der Waals surface area contributed by atoms with Crippen LogP contribution in [0.15, 0.2) is 78.9 Å². The first-order valence-corrected chi connectivity index (χ1v) is 14.1. The number of carboxylic acid groups (broad SMARTS) is 1. The Morgan fingerprint density at radius 2 is 1.48 bits per heavy atom. The Bertz CT molecular complexity index is 1410. The average molecular weight is 571 g/mol. The molecule has 0 bridgehead atoms. The number of amides is 2. The monoisotopic (exact) mass is 570 g/mol. The van der Waals surface area contributed by atoms with Crippen LogP contribution in [-0.2, 0) is 30.5 Å². The zero-order valence-corrected chi connectivity index (χ0v) is 23.2. The molecule has 3 aromatic carbocycles. The Hall–Kier alpha value is -4.66. The number of aliphatic carboxylic acids is 1. The number of hydrogen-bond donors (Lipinski definition) is 3. The van der Waals surface area contributed by atoms with Gasteiger partial charge in [-0.2, -0.15) is 0 Å². The molecule has 218 valence electrons. The largest absolute Gasteiger partial charge is 0.481 e. The first-order chi connectivity index (χ1) is 20.3. The molecule has 9 heteroatoms. The van der Waals surface area contributed by atoms with Crippen LogP contribution in [0.1, 0.15) is 54.7 Å². The number of hydrogen-bond acceptors (Lipinski definition) is 6. The zero-order valence-electron chi connectivity index (χ0n) is 23.2. The lowest BCUT2D eigenvalue weighted by atomic mass is 9.66. The topological polar surface area (TPSA) is 131 Å². The first-order valence-electron chi connectivity index (χ1n) is 14.1. The van der Waals surface area contributed by atoms with Gasteiger partial charge in [-0.05, 0) is 46.1 Å². The van der Waals surface area contributed by atoms with E-state index in [4.69, 9.17) is 9.47 Å². The van der Waals surface area contributed by atoms with Crippen LogP contribution >= 0.6 is 0 Å². The summed E-state index contributed by atoms with van der Waals surface area (Å²) in [7, 11) is 0. The van der Waals surface area contributed by atoms with Crippen molar-refractivity contribution in [3.63, 3.8) is 0 Å². The molecule has 1 saturated carbocycles. The number of esters is 1. The molecule has 0 saturated heterocycles. The molecule has 42 heavy (non-hydrogen) atoms. The molecule has 2 aliphatic carbocycles. The van der Waals surface area contributed by atoms with Gasteiger partial charge in [-0.25, -0.2) is 4.79 Å². The summed E-state index contributed by atoms with van der Waals surface area (Å²) >= 11 is 0. The van der Waals surface area contributed by atoms with Gasteiger partial charge in [0.15, 0.2) is 0 Å². The van der Waals surface area contributed by atoms with Crippen LogP contribution in [-0.4, -0.2) is 48.2 Å². The SMILES string of the molecule is O=C(O)CC1(CNC(=O)[C@H](CC(=O)OCc2ccccc2)NC(=O)OCC2c3ccccc3-c3ccccc32)CCC1. The van der Waals surface area contributed by atoms with Crippen molar-refractivity contribution in [2.75, 3.05) is 13.2 Å². The summed E-state index contributed by atoms with van der Waals surface area (Å²) in [6.45, 7) is 0.217. The summed E-state index contributed by atoms with van der Waals surface area (Å²) in [6.07, 6.45) is 0.950. The fraction of sp³-hybridized carbons (Fsp3) is 0.333. The molecule has 3 aromatic rings. The van der Waals surface area contributed by atoms with Crippen LogP contribution in [0.5, 0.6) is 0 Å². The second kappa shape index (κ2) is 12.9. The molecule has 2 aliphatic rings. The van der Waals surface area contributed by atoms with E-state index in [2.05, 4.69) is 10.6 Å². The van der Waals surface area contributed by atoms with Crippen molar-refractivity contribution in [1.29, 1.82) is 0 Å². The number of carboxylic acids is 1. The molecule has 0 spiro atoms. The van der Waals surface area contributed by atoms with Gasteiger partial charge >= 0.3 is 18.0 Å². The molecular formula is C33H34N2O7. The molecule has 1 atom stereocenters. The smallest absolute Gasteiger partial charge is 0.407 e. The van der Waals surface area contributed by atoms with E-state index in [9.17, 15) is 24.3 Å². The third kappa shape index (κ3) is 6.79. The van der Waals surface area contributed by atoms with Crippen molar-refractivity contribution < 1.29 is 33.8 Å². The van der Waals surface area contributed by atoms with E-state index in [0.29, 0.717) is 12.8 Å². The summed E-state index contributed by atoms with van der Waals surface area (Å²) in [4.78, 5) is 50.2. The number of fused-ring (bicyclic) bond motifs is 3. The molecule has 2 amide bonds. The zero-order chi connectivity index (χ0) is 29.5. The van der Waals surface area contributed by atoms with Gasteiger partial charge in [-0.1, -0.05) is 85.3 Å². The van der Waals surface area contributed by atoms with Crippen LogP contribution < -0.4 is 10.6 Å². The fourth-order valence-corrected chi connectivity index (χ4v) is 5.77. The molecule has 5 rings (SSSR count). The molecule has 3 N–H and O–H groups in total. The van der Waals surface area contributed by atoms with Crippen molar-refractivity contribution in [2.24, 2.45) is 5.41 Å². The maximum atomic E-state index is 13.2. The van der Waals surface area contributed by atoms with Gasteiger partial charge in [0.1, 0.15) is 19.3 Å². The highest BCUT2D eigenvalue weighted by Gasteiger charge is 2.40. The maximum Gasteiger partial charge on any atom is 0.407 e. The molecule has 0 unspecified atom stereocenters. The third-order valence-corrected chi connectivity index (χ3v) is 8.14. The van der Waals surface area contributed by atoms with Gasteiger partial charge < -0.3 is 25.2 Å². The van der Waals surface area contributed by atoms with E-state index < -0.39 is 41.8 Å². The van der Waals surface area contributed by atoms with Crippen molar-refractivity contribution in [2.45, 2.75) is 50.7 Å². The lowest BCUT2D eigenvalue weighted by Crippen LogP contribution is -2.52. The Balaban J connectivity index is 1.23. The molecule has 0 radical (unpaired) electrons. The summed E-state index contributed by atoms with van der Waals surface area (Å²) in [5, 5.41) is 14.6. The Labute approximate surface area is 244 Å². The number of carbonyl (C=O) groups is 4. The van der Waals surface area contributed by atoms with Gasteiger partial charge in [-0.3, -0.25) is 14.4 Å². The van der Waals surface area contributed by atoms with E-state index in [1.165, 1.54) is 0 Å². The first kappa shape index (κ1) is 28.9. The number of nitrogens with one attached hydrogen (secondary N) is 2. The second-order valence-corrected chi connectivity index (χ2v) is 11.0. The Morgan fingerprint density at radius 1 is 0.857 bits per heavy atom. The Morgan fingerprint density at radius 3 is 2.07 bits per heavy atom. The second-order valence-electron chi connectivity index (χ2n) is 11.0. The fourth-order valence-electron chi connectivity index (χ4n) is 5.77. The number of alkyl carbamates (subject to hydrolysis) is 1. The quantitative estimate of drug-likeness (QED) is 0.267. The number of rotatable bonds is 12. The van der Waals surface area contributed by atoms with E-state index in [-0.39, 0.29) is 32.1 Å². The molecule has 0 aliphatic heterocycles. The average Bonchev–Trinajstić information content (AvgIpc) is 3.29. The summed E-state index contributed by atoms with van der Waals surface area (Å²) < 4.78 is 11.0. The van der Waals surface area contributed by atoms with Gasteiger partial charge in [0.2, 0.25) is 5.91 Å². The van der Waals surface area contributed by atoms with Crippen LogP contribution in [0, 0.1) is 5.41 Å². The minimum absolute atomic E-state index is 0.0285. The van der Waals surface area contributed by atoms with Gasteiger partial charge in [-0.15, -0.1) is 0 Å². The number of carbonyl (C=O) groups excluding carboxylic acids is 3. The van der Waals surface area contributed by atoms with Gasteiger partial charge in [0, 0.05) is 12.5 Å². The van der Waals surface area contributed by atoms with Crippen molar-refractivity contribution in [1.82, 2.24) is 10.6 Å². The lowest BCUT2D eigenvalue weighted by molar-refractivity contribution is -0.147. The van der Waals surface area contributed by atoms with Crippen molar-refractivity contribution >= 4 is 23.9 Å². The van der Waals surface area contributed by atoms with Crippen LogP contribution in [0.25, 0.3) is 11.1 Å². The van der Waals surface area contributed by atoms with Gasteiger partial charge in [0.05, 0.1) is 12.8 Å². The predicted octanol–water partition coefficient (Wildman–Crippen LogP) is 4.79. The minimum atomic E-state index is -1.26. The summed E-state index contributed by atoms with van der Waals surface area (Å²) in [6, 6.07) is 23.8. The van der Waals surface area contributed by atoms with Crippen LogP contribution in [0.3, 0.4) is 0 Å². The predicted molar refractivity (Wildman–Crippen MR) is 154 cm³/mol. The normalized spacial score (nSPS) is 15.3. The van der Waals surface area contributed by atoms with E-state index >= 15 is 0 Å². The van der Waals surface area contributed by atoms with Crippen LogP contribution in [0.2, 0.25) is 0 Å². The minimum Gasteiger partial charge on any atom is -0.481 e.